The van der Waals surface area contributed by atoms with E-state index in [0.717, 1.165) is 15.7 Å². The average molecular weight is 352 g/mol. The predicted octanol–water partition coefficient (Wildman–Crippen LogP) is 3.52. The summed E-state index contributed by atoms with van der Waals surface area (Å²) >= 11 is 3.48. The topological polar surface area (TPSA) is 72.0 Å². The summed E-state index contributed by atoms with van der Waals surface area (Å²) in [5.41, 5.74) is 2.03. The van der Waals surface area contributed by atoms with Crippen molar-refractivity contribution in [2.45, 2.75) is 26.9 Å². The third-order valence-corrected chi connectivity index (χ3v) is 3.48. The maximum Gasteiger partial charge on any atom is 0.323 e. The monoisotopic (exact) mass is 351 g/mol. The van der Waals surface area contributed by atoms with Gasteiger partial charge in [-0.25, -0.2) is 0 Å². The molecule has 1 aromatic heterocycles. The summed E-state index contributed by atoms with van der Waals surface area (Å²) in [4.78, 5) is 12.7. The molecule has 6 nitrogen and oxygen atoms in total. The fourth-order valence-corrected chi connectivity index (χ4v) is 1.89. The van der Waals surface area contributed by atoms with Gasteiger partial charge in [0, 0.05) is 17.2 Å². The smallest absolute Gasteiger partial charge is 0.323 e. The standard InChI is InChI=1S/C14H18BrN5O/c1-8(2)21-14-19-12(16-4)18-13(20-14)17-10-5-6-11(15)9(3)7-10/h5-8H,1-4H3,(H2,16,17,18,19,20). The van der Waals surface area contributed by atoms with E-state index in [2.05, 4.69) is 41.5 Å². The van der Waals surface area contributed by atoms with Gasteiger partial charge in [-0.2, -0.15) is 15.0 Å². The molecule has 0 aliphatic carbocycles. The molecule has 0 atom stereocenters. The van der Waals surface area contributed by atoms with Gasteiger partial charge in [-0.15, -0.1) is 0 Å². The number of benzene rings is 1. The molecule has 2 aromatic rings. The average Bonchev–Trinajstić information content (AvgIpc) is 2.42. The number of hydrogen-bond donors (Lipinski definition) is 2. The Labute approximate surface area is 132 Å². The van der Waals surface area contributed by atoms with E-state index in [-0.39, 0.29) is 6.10 Å². The van der Waals surface area contributed by atoms with Crippen LogP contribution in [-0.4, -0.2) is 28.1 Å². The van der Waals surface area contributed by atoms with Gasteiger partial charge in [0.15, 0.2) is 0 Å². The molecular weight excluding hydrogens is 334 g/mol. The van der Waals surface area contributed by atoms with Crippen molar-refractivity contribution in [1.82, 2.24) is 15.0 Å². The zero-order valence-corrected chi connectivity index (χ0v) is 14.0. The lowest BCUT2D eigenvalue weighted by atomic mass is 10.2. The Morgan fingerprint density at radius 2 is 1.86 bits per heavy atom. The molecule has 1 heterocycles. The molecule has 0 saturated heterocycles. The lowest BCUT2D eigenvalue weighted by Gasteiger charge is -2.11. The van der Waals surface area contributed by atoms with Gasteiger partial charge in [0.1, 0.15) is 0 Å². The molecule has 0 amide bonds. The lowest BCUT2D eigenvalue weighted by Crippen LogP contribution is -2.11. The molecule has 2 rings (SSSR count). The number of rotatable bonds is 5. The number of anilines is 3. The maximum atomic E-state index is 5.53. The quantitative estimate of drug-likeness (QED) is 0.858. The second kappa shape index (κ2) is 6.71. The first-order valence-corrected chi connectivity index (χ1v) is 7.41. The lowest BCUT2D eigenvalue weighted by molar-refractivity contribution is 0.222. The van der Waals surface area contributed by atoms with Crippen LogP contribution in [0.15, 0.2) is 22.7 Å². The van der Waals surface area contributed by atoms with E-state index < -0.39 is 0 Å². The largest absolute Gasteiger partial charge is 0.461 e. The van der Waals surface area contributed by atoms with Crippen LogP contribution in [0.25, 0.3) is 0 Å². The van der Waals surface area contributed by atoms with Crippen molar-refractivity contribution < 1.29 is 4.74 Å². The molecule has 1 aromatic carbocycles. The normalized spacial score (nSPS) is 10.6. The molecule has 0 saturated carbocycles. The number of halogens is 1. The minimum absolute atomic E-state index is 0.000110. The number of nitrogens with zero attached hydrogens (tertiary/aromatic N) is 3. The molecule has 0 radical (unpaired) electrons. The van der Waals surface area contributed by atoms with Crippen molar-refractivity contribution >= 4 is 33.5 Å². The Balaban J connectivity index is 2.27. The van der Waals surface area contributed by atoms with Crippen LogP contribution in [0.2, 0.25) is 0 Å². The van der Waals surface area contributed by atoms with Crippen LogP contribution in [0.4, 0.5) is 17.6 Å². The van der Waals surface area contributed by atoms with Crippen molar-refractivity contribution in [3.05, 3.63) is 28.2 Å². The van der Waals surface area contributed by atoms with E-state index in [0.29, 0.717) is 17.9 Å². The van der Waals surface area contributed by atoms with Gasteiger partial charge < -0.3 is 15.4 Å². The van der Waals surface area contributed by atoms with Crippen LogP contribution in [0.5, 0.6) is 6.01 Å². The van der Waals surface area contributed by atoms with Gasteiger partial charge in [0.2, 0.25) is 11.9 Å². The van der Waals surface area contributed by atoms with E-state index in [4.69, 9.17) is 4.74 Å². The summed E-state index contributed by atoms with van der Waals surface area (Å²) in [5, 5.41) is 6.05. The molecule has 0 aliphatic heterocycles. The minimum Gasteiger partial charge on any atom is -0.461 e. The number of hydrogen-bond acceptors (Lipinski definition) is 6. The van der Waals surface area contributed by atoms with Crippen LogP contribution in [0.1, 0.15) is 19.4 Å². The maximum absolute atomic E-state index is 5.53. The molecule has 112 valence electrons. The third-order valence-electron chi connectivity index (χ3n) is 2.59. The van der Waals surface area contributed by atoms with Crippen molar-refractivity contribution in [2.75, 3.05) is 17.7 Å². The second-order valence-electron chi connectivity index (χ2n) is 4.77. The highest BCUT2D eigenvalue weighted by Gasteiger charge is 2.09. The molecule has 0 aliphatic rings. The first-order chi connectivity index (χ1) is 9.97. The fraction of sp³-hybridized carbons (Fsp3) is 0.357. The van der Waals surface area contributed by atoms with Gasteiger partial charge in [-0.3, -0.25) is 0 Å². The molecule has 7 heteroatoms. The second-order valence-corrected chi connectivity index (χ2v) is 5.63. The number of aromatic nitrogens is 3. The van der Waals surface area contributed by atoms with Crippen molar-refractivity contribution in [3.8, 4) is 6.01 Å². The highest BCUT2D eigenvalue weighted by atomic mass is 79.9. The summed E-state index contributed by atoms with van der Waals surface area (Å²) < 4.78 is 6.59. The van der Waals surface area contributed by atoms with E-state index in [1.165, 1.54) is 0 Å². The Morgan fingerprint density at radius 1 is 1.14 bits per heavy atom. The molecular formula is C14H18BrN5O. The third kappa shape index (κ3) is 4.29. The number of nitrogens with one attached hydrogen (secondary N) is 2. The van der Waals surface area contributed by atoms with E-state index in [1.807, 2.05) is 39.0 Å². The van der Waals surface area contributed by atoms with E-state index in [1.54, 1.807) is 7.05 Å². The first kappa shape index (κ1) is 15.5. The molecule has 0 spiro atoms. The predicted molar refractivity (Wildman–Crippen MR) is 87.3 cm³/mol. The summed E-state index contributed by atoms with van der Waals surface area (Å²) in [6, 6.07) is 6.22. The molecule has 0 unspecified atom stereocenters. The van der Waals surface area contributed by atoms with E-state index in [9.17, 15) is 0 Å². The molecule has 0 fully saturated rings. The van der Waals surface area contributed by atoms with Crippen LogP contribution >= 0.6 is 15.9 Å². The van der Waals surface area contributed by atoms with Crippen LogP contribution in [0, 0.1) is 6.92 Å². The summed E-state index contributed by atoms with van der Waals surface area (Å²) in [7, 11) is 1.75. The fourth-order valence-electron chi connectivity index (χ4n) is 1.64. The van der Waals surface area contributed by atoms with Gasteiger partial charge in [0.05, 0.1) is 6.10 Å². The molecule has 2 N–H and O–H groups in total. The van der Waals surface area contributed by atoms with Crippen molar-refractivity contribution in [1.29, 1.82) is 0 Å². The Bertz CT molecular complexity index is 633. The highest BCUT2D eigenvalue weighted by molar-refractivity contribution is 9.10. The Morgan fingerprint density at radius 3 is 2.48 bits per heavy atom. The number of ether oxygens (including phenoxy) is 1. The molecule has 21 heavy (non-hydrogen) atoms. The van der Waals surface area contributed by atoms with Gasteiger partial charge in [-0.05, 0) is 44.5 Å². The molecule has 0 bridgehead atoms. The van der Waals surface area contributed by atoms with Crippen molar-refractivity contribution in [2.24, 2.45) is 0 Å². The number of aryl methyl sites for hydroxylation is 1. The first-order valence-electron chi connectivity index (χ1n) is 6.61. The zero-order valence-electron chi connectivity index (χ0n) is 12.4. The van der Waals surface area contributed by atoms with Gasteiger partial charge >= 0.3 is 6.01 Å². The Hall–Kier alpha value is -1.89. The minimum atomic E-state index is -0.000110. The van der Waals surface area contributed by atoms with Gasteiger partial charge in [0.25, 0.3) is 0 Å². The summed E-state index contributed by atoms with van der Waals surface area (Å²) in [5.74, 6) is 0.892. The van der Waals surface area contributed by atoms with Gasteiger partial charge in [-0.1, -0.05) is 15.9 Å². The summed E-state index contributed by atoms with van der Waals surface area (Å²) in [6.07, 6.45) is -0.000110. The highest BCUT2D eigenvalue weighted by Crippen LogP contribution is 2.22. The summed E-state index contributed by atoms with van der Waals surface area (Å²) in [6.45, 7) is 5.87. The van der Waals surface area contributed by atoms with Crippen molar-refractivity contribution in [3.63, 3.8) is 0 Å². The van der Waals surface area contributed by atoms with E-state index >= 15 is 0 Å². The zero-order chi connectivity index (χ0) is 15.4. The van der Waals surface area contributed by atoms with Crippen LogP contribution < -0.4 is 15.4 Å². The SMILES string of the molecule is CNc1nc(Nc2ccc(Br)c(C)c2)nc(OC(C)C)n1. The van der Waals surface area contributed by atoms with Crippen LogP contribution in [-0.2, 0) is 0 Å². The van der Waals surface area contributed by atoms with Crippen LogP contribution in [0.3, 0.4) is 0 Å². The Kier molecular flexibility index (Phi) is 4.95.